The Hall–Kier alpha value is -1.50. The molecule has 0 spiro atoms. The van der Waals surface area contributed by atoms with Gasteiger partial charge < -0.3 is 14.8 Å². The Balaban J connectivity index is 2.56. The second-order valence-electron chi connectivity index (χ2n) is 3.58. The van der Waals surface area contributed by atoms with Crippen LogP contribution < -0.4 is 5.32 Å². The molecule has 2 atom stereocenters. The zero-order chi connectivity index (χ0) is 13.1. The first-order valence-electron chi connectivity index (χ1n) is 4.88. The first-order valence-corrected chi connectivity index (χ1v) is 4.88. The molecule has 0 fully saturated rings. The summed E-state index contributed by atoms with van der Waals surface area (Å²) in [7, 11) is 0. The predicted molar refractivity (Wildman–Crippen MR) is 52.3 cm³/mol. The van der Waals surface area contributed by atoms with Crippen molar-refractivity contribution in [2.75, 3.05) is 6.54 Å². The van der Waals surface area contributed by atoms with Gasteiger partial charge in [-0.3, -0.25) is 4.79 Å². The van der Waals surface area contributed by atoms with E-state index in [0.717, 1.165) is 0 Å². The summed E-state index contributed by atoms with van der Waals surface area (Å²) in [6.07, 6.45) is -3.37. The van der Waals surface area contributed by atoms with Gasteiger partial charge in [-0.05, 0) is 19.1 Å². The molecule has 0 saturated heterocycles. The molecule has 0 aliphatic heterocycles. The van der Waals surface area contributed by atoms with Crippen molar-refractivity contribution in [3.8, 4) is 0 Å². The molecule has 2 N–H and O–H groups in total. The van der Waals surface area contributed by atoms with Gasteiger partial charge in [0.05, 0.1) is 12.3 Å². The Morgan fingerprint density at radius 1 is 1.59 bits per heavy atom. The van der Waals surface area contributed by atoms with E-state index in [1.165, 1.54) is 6.26 Å². The van der Waals surface area contributed by atoms with Gasteiger partial charge in [-0.15, -0.1) is 0 Å². The highest BCUT2D eigenvalue weighted by atomic mass is 19.4. The van der Waals surface area contributed by atoms with Gasteiger partial charge in [-0.1, -0.05) is 0 Å². The number of carboxylic acid groups (broad SMARTS) is 1. The molecule has 0 radical (unpaired) electrons. The third-order valence-electron chi connectivity index (χ3n) is 2.29. The van der Waals surface area contributed by atoms with Crippen molar-refractivity contribution < 1.29 is 27.5 Å². The third kappa shape index (κ3) is 3.77. The van der Waals surface area contributed by atoms with E-state index in [9.17, 15) is 18.0 Å². The van der Waals surface area contributed by atoms with E-state index < -0.39 is 30.7 Å². The van der Waals surface area contributed by atoms with Crippen molar-refractivity contribution in [2.45, 2.75) is 19.1 Å². The van der Waals surface area contributed by atoms with Gasteiger partial charge in [0.15, 0.2) is 5.92 Å². The van der Waals surface area contributed by atoms with Crippen LogP contribution >= 0.6 is 0 Å². The van der Waals surface area contributed by atoms with Crippen molar-refractivity contribution in [1.29, 1.82) is 0 Å². The van der Waals surface area contributed by atoms with Crippen LogP contribution in [-0.4, -0.2) is 23.8 Å². The van der Waals surface area contributed by atoms with Crippen molar-refractivity contribution in [3.63, 3.8) is 0 Å². The lowest BCUT2D eigenvalue weighted by atomic mass is 10.1. The number of carbonyl (C=O) groups is 1. The van der Waals surface area contributed by atoms with Crippen LogP contribution in [-0.2, 0) is 4.79 Å². The van der Waals surface area contributed by atoms with E-state index >= 15 is 0 Å². The van der Waals surface area contributed by atoms with Crippen molar-refractivity contribution in [3.05, 3.63) is 24.2 Å². The summed E-state index contributed by atoms with van der Waals surface area (Å²) in [6.45, 7) is 0.898. The molecule has 1 aromatic rings. The minimum absolute atomic E-state index is 0.455. The standard InChI is InChI=1S/C10H12F3NO3/c1-6(8-3-2-4-17-8)14-5-7(9(15)16)10(11,12)13/h2-4,6-7,14H,5H2,1H3,(H,15,16)/t6-,7?/m0/s1. The van der Waals surface area contributed by atoms with Crippen LogP contribution in [0.15, 0.2) is 22.8 Å². The van der Waals surface area contributed by atoms with Crippen molar-refractivity contribution in [1.82, 2.24) is 5.32 Å². The molecule has 1 aromatic heterocycles. The van der Waals surface area contributed by atoms with Crippen LogP contribution in [0.2, 0.25) is 0 Å². The number of halogens is 3. The zero-order valence-corrected chi connectivity index (χ0v) is 8.99. The van der Waals surface area contributed by atoms with Gasteiger partial charge in [0.1, 0.15) is 5.76 Å². The Kier molecular flexibility index (Phi) is 4.17. The smallest absolute Gasteiger partial charge is 0.403 e. The van der Waals surface area contributed by atoms with Gasteiger partial charge in [0.2, 0.25) is 0 Å². The normalized spacial score (nSPS) is 15.5. The lowest BCUT2D eigenvalue weighted by Crippen LogP contribution is -2.39. The lowest BCUT2D eigenvalue weighted by Gasteiger charge is -2.18. The van der Waals surface area contributed by atoms with Gasteiger partial charge in [-0.25, -0.2) is 0 Å². The van der Waals surface area contributed by atoms with Crippen LogP contribution in [0, 0.1) is 5.92 Å². The van der Waals surface area contributed by atoms with E-state index in [4.69, 9.17) is 9.52 Å². The first-order chi connectivity index (χ1) is 7.82. The molecular weight excluding hydrogens is 239 g/mol. The fourth-order valence-electron chi connectivity index (χ4n) is 1.28. The number of rotatable bonds is 5. The Morgan fingerprint density at radius 3 is 2.65 bits per heavy atom. The highest BCUT2D eigenvalue weighted by Crippen LogP contribution is 2.26. The van der Waals surface area contributed by atoms with Crippen LogP contribution in [0.5, 0.6) is 0 Å². The molecule has 0 aliphatic carbocycles. The monoisotopic (exact) mass is 251 g/mol. The van der Waals surface area contributed by atoms with Crippen molar-refractivity contribution in [2.24, 2.45) is 5.92 Å². The summed E-state index contributed by atoms with van der Waals surface area (Å²) in [5.74, 6) is -3.85. The number of hydrogen-bond donors (Lipinski definition) is 2. The summed E-state index contributed by atoms with van der Waals surface area (Å²) in [5.41, 5.74) is 0. The number of nitrogens with one attached hydrogen (secondary N) is 1. The molecule has 7 heteroatoms. The van der Waals surface area contributed by atoms with Crippen molar-refractivity contribution >= 4 is 5.97 Å². The summed E-state index contributed by atoms with van der Waals surface area (Å²) in [6, 6.07) is 2.72. The number of carboxylic acids is 1. The van der Waals surface area contributed by atoms with Crippen LogP contribution in [0.1, 0.15) is 18.7 Å². The van der Waals surface area contributed by atoms with Gasteiger partial charge in [0.25, 0.3) is 0 Å². The lowest BCUT2D eigenvalue weighted by molar-refractivity contribution is -0.192. The summed E-state index contributed by atoms with van der Waals surface area (Å²) >= 11 is 0. The molecule has 0 amide bonds. The quantitative estimate of drug-likeness (QED) is 0.842. The number of alkyl halides is 3. The molecule has 0 aromatic carbocycles. The highest BCUT2D eigenvalue weighted by molar-refractivity contribution is 5.71. The first kappa shape index (κ1) is 13.6. The fourth-order valence-corrected chi connectivity index (χ4v) is 1.28. The number of furan rings is 1. The third-order valence-corrected chi connectivity index (χ3v) is 2.29. The Bertz CT molecular complexity index is 361. The average Bonchev–Trinajstić information content (AvgIpc) is 2.67. The van der Waals surface area contributed by atoms with Gasteiger partial charge in [-0.2, -0.15) is 13.2 Å². The van der Waals surface area contributed by atoms with Crippen LogP contribution in [0.3, 0.4) is 0 Å². The van der Waals surface area contributed by atoms with E-state index in [1.807, 2.05) is 0 Å². The maximum absolute atomic E-state index is 12.3. The van der Waals surface area contributed by atoms with E-state index in [-0.39, 0.29) is 0 Å². The summed E-state index contributed by atoms with van der Waals surface area (Å²) in [5, 5.41) is 10.9. The molecular formula is C10H12F3NO3. The molecule has 4 nitrogen and oxygen atoms in total. The van der Waals surface area contributed by atoms with E-state index in [0.29, 0.717) is 5.76 Å². The number of hydrogen-bond acceptors (Lipinski definition) is 3. The SMILES string of the molecule is C[C@H](NCC(C(=O)O)C(F)(F)F)c1ccco1. The second kappa shape index (κ2) is 5.22. The molecule has 17 heavy (non-hydrogen) atoms. The predicted octanol–water partition coefficient (Wildman–Crippen LogP) is 2.19. The maximum Gasteiger partial charge on any atom is 0.403 e. The second-order valence-corrected chi connectivity index (χ2v) is 3.58. The highest BCUT2D eigenvalue weighted by Gasteiger charge is 2.44. The topological polar surface area (TPSA) is 62.5 Å². The largest absolute Gasteiger partial charge is 0.481 e. The summed E-state index contributed by atoms with van der Waals surface area (Å²) in [4.78, 5) is 10.5. The molecule has 1 unspecified atom stereocenters. The number of aliphatic carboxylic acids is 1. The minimum Gasteiger partial charge on any atom is -0.481 e. The molecule has 0 aliphatic rings. The van der Waals surface area contributed by atoms with Gasteiger partial charge >= 0.3 is 12.1 Å². The van der Waals surface area contributed by atoms with Crippen LogP contribution in [0.4, 0.5) is 13.2 Å². The Labute approximate surface area is 95.4 Å². The average molecular weight is 251 g/mol. The zero-order valence-electron chi connectivity index (χ0n) is 8.99. The summed E-state index contributed by atoms with van der Waals surface area (Å²) < 4.78 is 41.9. The van der Waals surface area contributed by atoms with E-state index in [2.05, 4.69) is 5.32 Å². The molecule has 1 heterocycles. The Morgan fingerprint density at radius 2 is 2.24 bits per heavy atom. The van der Waals surface area contributed by atoms with E-state index in [1.54, 1.807) is 19.1 Å². The molecule has 1 rings (SSSR count). The minimum atomic E-state index is -4.76. The fraction of sp³-hybridized carbons (Fsp3) is 0.500. The maximum atomic E-state index is 12.3. The molecule has 0 bridgehead atoms. The molecule has 0 saturated carbocycles. The van der Waals surface area contributed by atoms with Gasteiger partial charge in [0, 0.05) is 6.54 Å². The van der Waals surface area contributed by atoms with Crippen LogP contribution in [0.25, 0.3) is 0 Å². The molecule has 96 valence electrons.